The third-order valence-electron chi connectivity index (χ3n) is 6.28. The van der Waals surface area contributed by atoms with Crippen LogP contribution in [0.3, 0.4) is 0 Å². The van der Waals surface area contributed by atoms with Crippen molar-refractivity contribution in [2.24, 2.45) is 0 Å². The zero-order chi connectivity index (χ0) is 26.7. The zero-order valence-electron chi connectivity index (χ0n) is 19.7. The minimum atomic E-state index is -3.06. The number of ether oxygens (including phenoxy) is 1. The fourth-order valence-electron chi connectivity index (χ4n) is 4.11. The Morgan fingerprint density at radius 1 is 1.30 bits per heavy atom. The van der Waals surface area contributed by atoms with Crippen molar-refractivity contribution in [3.63, 3.8) is 0 Å². The Morgan fingerprint density at radius 3 is 2.76 bits per heavy atom. The number of nitrogens with one attached hydrogen (secondary N) is 1. The molecule has 1 amide bonds. The Hall–Kier alpha value is -3.77. The molecule has 0 saturated carbocycles. The number of rotatable bonds is 7. The molecular weight excluding hydrogens is 496 g/mol. The van der Waals surface area contributed by atoms with Crippen LogP contribution < -0.4 is 14.8 Å². The van der Waals surface area contributed by atoms with Crippen LogP contribution in [-0.4, -0.2) is 46.0 Å². The van der Waals surface area contributed by atoms with Gasteiger partial charge in [-0.3, -0.25) is 9.69 Å². The number of nitrogens with zero attached hydrogens (tertiary/aromatic N) is 3. The molecule has 37 heavy (non-hydrogen) atoms. The van der Waals surface area contributed by atoms with Crippen molar-refractivity contribution in [3.8, 4) is 11.5 Å². The van der Waals surface area contributed by atoms with E-state index in [1.54, 1.807) is 11.8 Å². The number of aliphatic hydroxyl groups is 1. The highest BCUT2D eigenvalue weighted by Gasteiger charge is 2.46. The Bertz CT molecular complexity index is 1280. The summed E-state index contributed by atoms with van der Waals surface area (Å²) < 4.78 is 62.1. The molecule has 4 rings (SSSR count). The molecule has 2 aromatic heterocycles. The van der Waals surface area contributed by atoms with E-state index in [1.807, 2.05) is 0 Å². The molecule has 2 unspecified atom stereocenters. The minimum absolute atomic E-state index is 0.0250. The van der Waals surface area contributed by atoms with Gasteiger partial charge in [0.25, 0.3) is 5.92 Å². The molecular formula is C25H24F4N4O4. The Balaban J connectivity index is 1.41. The smallest absolute Gasteiger partial charge is 0.257 e. The number of halogens is 4. The van der Waals surface area contributed by atoms with Gasteiger partial charge in [0.1, 0.15) is 24.0 Å². The normalized spacial score (nSPS) is 18.3. The molecule has 1 saturated heterocycles. The number of amides is 1. The highest BCUT2D eigenvalue weighted by Crippen LogP contribution is 2.41. The maximum Gasteiger partial charge on any atom is 0.257 e. The zero-order valence-corrected chi connectivity index (χ0v) is 19.7. The van der Waals surface area contributed by atoms with E-state index in [4.69, 9.17) is 4.74 Å². The van der Waals surface area contributed by atoms with Crippen LogP contribution in [0, 0.1) is 16.8 Å². The first-order valence-electron chi connectivity index (χ1n) is 11.4. The first kappa shape index (κ1) is 26.3. The van der Waals surface area contributed by atoms with Gasteiger partial charge in [0, 0.05) is 37.7 Å². The minimum Gasteiger partial charge on any atom is -0.618 e. The summed E-state index contributed by atoms with van der Waals surface area (Å²) in [5.74, 6) is -6.31. The molecule has 196 valence electrons. The van der Waals surface area contributed by atoms with Gasteiger partial charge < -0.3 is 20.4 Å². The number of hydrogen-bond acceptors (Lipinski definition) is 6. The summed E-state index contributed by atoms with van der Waals surface area (Å²) in [6, 6.07) is 7.49. The van der Waals surface area contributed by atoms with Gasteiger partial charge in [-0.25, -0.2) is 22.5 Å². The van der Waals surface area contributed by atoms with E-state index < -0.39 is 48.5 Å². The van der Waals surface area contributed by atoms with Crippen molar-refractivity contribution in [1.29, 1.82) is 0 Å². The van der Waals surface area contributed by atoms with Gasteiger partial charge in [0.05, 0.1) is 18.2 Å². The maximum absolute atomic E-state index is 14.8. The van der Waals surface area contributed by atoms with E-state index >= 15 is 0 Å². The maximum atomic E-state index is 14.8. The molecule has 0 aliphatic carbocycles. The van der Waals surface area contributed by atoms with E-state index in [9.17, 15) is 32.7 Å². The lowest BCUT2D eigenvalue weighted by molar-refractivity contribution is -0.616. The standard InChI is InChI=1S/C25H24F4N4O4/c1-15(32-9-7-25(28,29)20(13-32)16-6-8-33(36)18(10-16)14-34)24(35)31-23-5-3-19(12-30-23)37-22-4-2-17(26)11-21(22)27/h2-6,8,10-12,15,20,34H,7,9,13-14H2,1H3,(H,30,31,35). The molecule has 0 spiro atoms. The monoisotopic (exact) mass is 520 g/mol. The van der Waals surface area contributed by atoms with E-state index in [1.165, 1.54) is 30.5 Å². The highest BCUT2D eigenvalue weighted by atomic mass is 19.3. The average Bonchev–Trinajstić information content (AvgIpc) is 2.86. The van der Waals surface area contributed by atoms with Gasteiger partial charge >= 0.3 is 0 Å². The number of carbonyl (C=O) groups is 1. The first-order chi connectivity index (χ1) is 17.6. The number of benzene rings is 1. The number of alkyl halides is 2. The molecule has 0 bridgehead atoms. The Kier molecular flexibility index (Phi) is 7.60. The van der Waals surface area contributed by atoms with Gasteiger partial charge in [-0.2, -0.15) is 4.73 Å². The first-order valence-corrected chi connectivity index (χ1v) is 11.4. The van der Waals surface area contributed by atoms with Crippen LogP contribution in [-0.2, 0) is 11.4 Å². The summed E-state index contributed by atoms with van der Waals surface area (Å²) in [7, 11) is 0. The molecule has 1 aliphatic heterocycles. The van der Waals surface area contributed by atoms with Crippen molar-refractivity contribution in [2.45, 2.75) is 37.8 Å². The van der Waals surface area contributed by atoms with Crippen molar-refractivity contribution in [1.82, 2.24) is 9.88 Å². The van der Waals surface area contributed by atoms with E-state index in [-0.39, 0.29) is 41.7 Å². The quantitative estimate of drug-likeness (QED) is 0.280. The lowest BCUT2D eigenvalue weighted by atomic mass is 9.86. The van der Waals surface area contributed by atoms with Crippen molar-refractivity contribution < 1.29 is 36.9 Å². The molecule has 1 fully saturated rings. The number of piperidine rings is 1. The molecule has 3 heterocycles. The summed E-state index contributed by atoms with van der Waals surface area (Å²) in [6.45, 7) is 0.829. The Morgan fingerprint density at radius 2 is 2.08 bits per heavy atom. The van der Waals surface area contributed by atoms with Gasteiger partial charge in [0.15, 0.2) is 17.8 Å². The molecule has 1 aliphatic rings. The van der Waals surface area contributed by atoms with Crippen molar-refractivity contribution in [2.75, 3.05) is 18.4 Å². The van der Waals surface area contributed by atoms with Gasteiger partial charge in [-0.15, -0.1) is 0 Å². The highest BCUT2D eigenvalue weighted by molar-refractivity contribution is 5.93. The summed E-state index contributed by atoms with van der Waals surface area (Å²) in [4.78, 5) is 18.5. The van der Waals surface area contributed by atoms with E-state index in [2.05, 4.69) is 10.3 Å². The van der Waals surface area contributed by atoms with Crippen LogP contribution in [0.4, 0.5) is 23.4 Å². The van der Waals surface area contributed by atoms with Crippen LogP contribution in [0.15, 0.2) is 54.9 Å². The summed E-state index contributed by atoms with van der Waals surface area (Å²) in [6.07, 6.45) is 1.84. The van der Waals surface area contributed by atoms with E-state index in [0.29, 0.717) is 10.8 Å². The molecule has 2 N–H and O–H groups in total. The molecule has 3 aromatic rings. The molecule has 8 nitrogen and oxygen atoms in total. The number of aromatic nitrogens is 2. The summed E-state index contributed by atoms with van der Waals surface area (Å²) >= 11 is 0. The largest absolute Gasteiger partial charge is 0.618 e. The van der Waals surface area contributed by atoms with Crippen LogP contribution in [0.25, 0.3) is 0 Å². The van der Waals surface area contributed by atoms with Gasteiger partial charge in [0.2, 0.25) is 11.6 Å². The summed E-state index contributed by atoms with van der Waals surface area (Å²) in [5.41, 5.74) is 0.158. The van der Waals surface area contributed by atoms with E-state index in [0.717, 1.165) is 18.3 Å². The predicted molar refractivity (Wildman–Crippen MR) is 124 cm³/mol. The number of aliphatic hydroxyl groups excluding tert-OH is 1. The SMILES string of the molecule is CC(C(=O)Nc1ccc(Oc2ccc(F)cc2F)cn1)N1CCC(F)(F)C(c2cc[n+]([O-])c(CO)c2)C1. The molecule has 0 radical (unpaired) electrons. The van der Waals surface area contributed by atoms with Crippen LogP contribution in [0.1, 0.15) is 30.5 Å². The second-order valence-electron chi connectivity index (χ2n) is 8.72. The number of likely N-dealkylation sites (tertiary alicyclic amines) is 1. The summed E-state index contributed by atoms with van der Waals surface area (Å²) in [5, 5.41) is 23.6. The fourth-order valence-corrected chi connectivity index (χ4v) is 4.11. The third-order valence-corrected chi connectivity index (χ3v) is 6.28. The number of anilines is 1. The average molecular weight is 520 g/mol. The van der Waals surface area contributed by atoms with Crippen molar-refractivity contribution in [3.05, 3.63) is 83.0 Å². The van der Waals surface area contributed by atoms with Gasteiger partial charge in [-0.05, 0) is 36.8 Å². The predicted octanol–water partition coefficient (Wildman–Crippen LogP) is 3.73. The number of carbonyl (C=O) groups excluding carboxylic acids is 1. The van der Waals surface area contributed by atoms with Crippen LogP contribution >= 0.6 is 0 Å². The Labute approximate surface area is 209 Å². The number of hydrogen-bond donors (Lipinski definition) is 2. The second-order valence-corrected chi connectivity index (χ2v) is 8.72. The van der Waals surface area contributed by atoms with Gasteiger partial charge in [-0.1, -0.05) is 0 Å². The lowest BCUT2D eigenvalue weighted by Crippen LogP contribution is -2.52. The molecule has 12 heteroatoms. The van der Waals surface area contributed by atoms with Crippen LogP contribution in [0.2, 0.25) is 0 Å². The number of pyridine rings is 2. The molecule has 2 atom stereocenters. The lowest BCUT2D eigenvalue weighted by Gasteiger charge is -2.40. The topological polar surface area (TPSA) is 102 Å². The molecule has 1 aromatic carbocycles. The third kappa shape index (κ3) is 5.97. The van der Waals surface area contributed by atoms with Crippen LogP contribution in [0.5, 0.6) is 11.5 Å². The van der Waals surface area contributed by atoms with Crippen molar-refractivity contribution >= 4 is 11.7 Å². The fraction of sp³-hybridized carbons (Fsp3) is 0.320. The second kappa shape index (κ2) is 10.7.